The van der Waals surface area contributed by atoms with Crippen LogP contribution in [0.5, 0.6) is 0 Å². The summed E-state index contributed by atoms with van der Waals surface area (Å²) in [7, 11) is 0. The van der Waals surface area contributed by atoms with Crippen LogP contribution in [0.4, 0.5) is 0 Å². The van der Waals surface area contributed by atoms with Crippen molar-refractivity contribution in [2.45, 2.75) is 0 Å². The molecule has 5 nitrogen and oxygen atoms in total. The molecular weight excluding hydrogens is 254 g/mol. The SMILES string of the molecule is O=C(O)c1ccc(-c2ncn(-c3ccccc3)n2)cc1. The molecule has 98 valence electrons. The smallest absolute Gasteiger partial charge is 0.335 e. The molecule has 3 aromatic rings. The first kappa shape index (κ1) is 12.1. The lowest BCUT2D eigenvalue weighted by molar-refractivity contribution is 0.0697. The lowest BCUT2D eigenvalue weighted by Gasteiger charge is -1.99. The van der Waals surface area contributed by atoms with Gasteiger partial charge in [0.25, 0.3) is 0 Å². The van der Waals surface area contributed by atoms with Gasteiger partial charge in [-0.3, -0.25) is 0 Å². The Bertz CT molecular complexity index is 733. The van der Waals surface area contributed by atoms with E-state index < -0.39 is 5.97 Å². The summed E-state index contributed by atoms with van der Waals surface area (Å²) in [6.07, 6.45) is 1.63. The number of aromatic carboxylic acids is 1. The van der Waals surface area contributed by atoms with E-state index in [-0.39, 0.29) is 5.56 Å². The first-order chi connectivity index (χ1) is 9.74. The Morgan fingerprint density at radius 2 is 1.70 bits per heavy atom. The first-order valence-electron chi connectivity index (χ1n) is 6.05. The van der Waals surface area contributed by atoms with E-state index in [4.69, 9.17) is 5.11 Å². The van der Waals surface area contributed by atoms with Gasteiger partial charge in [0.05, 0.1) is 11.3 Å². The zero-order chi connectivity index (χ0) is 13.9. The minimum atomic E-state index is -0.945. The van der Waals surface area contributed by atoms with Gasteiger partial charge in [-0.1, -0.05) is 30.3 Å². The van der Waals surface area contributed by atoms with Crippen LogP contribution in [0.25, 0.3) is 17.1 Å². The predicted octanol–water partition coefficient (Wildman–Crippen LogP) is 2.63. The van der Waals surface area contributed by atoms with Crippen LogP contribution in [0.15, 0.2) is 60.9 Å². The van der Waals surface area contributed by atoms with E-state index in [0.29, 0.717) is 5.82 Å². The Morgan fingerprint density at radius 3 is 2.35 bits per heavy atom. The Balaban J connectivity index is 1.92. The highest BCUT2D eigenvalue weighted by Crippen LogP contribution is 2.16. The lowest BCUT2D eigenvalue weighted by atomic mass is 10.1. The molecule has 0 aliphatic carbocycles. The number of rotatable bonds is 3. The molecule has 2 aromatic carbocycles. The van der Waals surface area contributed by atoms with Gasteiger partial charge in [-0.15, -0.1) is 5.10 Å². The monoisotopic (exact) mass is 265 g/mol. The third-order valence-electron chi connectivity index (χ3n) is 2.90. The van der Waals surface area contributed by atoms with Crippen molar-refractivity contribution < 1.29 is 9.90 Å². The highest BCUT2D eigenvalue weighted by Gasteiger charge is 2.07. The average Bonchev–Trinajstić information content (AvgIpc) is 2.98. The molecule has 0 saturated heterocycles. The van der Waals surface area contributed by atoms with Gasteiger partial charge >= 0.3 is 5.97 Å². The molecule has 5 heteroatoms. The molecule has 0 atom stereocenters. The van der Waals surface area contributed by atoms with Crippen molar-refractivity contribution in [3.63, 3.8) is 0 Å². The number of nitrogens with zero attached hydrogens (tertiary/aromatic N) is 3. The van der Waals surface area contributed by atoms with E-state index in [2.05, 4.69) is 10.1 Å². The van der Waals surface area contributed by atoms with Gasteiger partial charge in [0, 0.05) is 5.56 Å². The predicted molar refractivity (Wildman–Crippen MR) is 73.8 cm³/mol. The molecule has 3 rings (SSSR count). The molecule has 0 aliphatic heterocycles. The van der Waals surface area contributed by atoms with Crippen molar-refractivity contribution in [2.24, 2.45) is 0 Å². The zero-order valence-corrected chi connectivity index (χ0v) is 10.5. The molecule has 20 heavy (non-hydrogen) atoms. The number of benzene rings is 2. The summed E-state index contributed by atoms with van der Waals surface area (Å²) in [6.45, 7) is 0. The van der Waals surface area contributed by atoms with Crippen molar-refractivity contribution in [3.8, 4) is 17.1 Å². The van der Waals surface area contributed by atoms with Crippen LogP contribution in [0.2, 0.25) is 0 Å². The van der Waals surface area contributed by atoms with E-state index >= 15 is 0 Å². The summed E-state index contributed by atoms with van der Waals surface area (Å²) in [4.78, 5) is 15.0. The Kier molecular flexibility index (Phi) is 3.01. The van der Waals surface area contributed by atoms with Crippen molar-refractivity contribution in [1.29, 1.82) is 0 Å². The second-order valence-electron chi connectivity index (χ2n) is 4.23. The van der Waals surface area contributed by atoms with Crippen LogP contribution in [0.1, 0.15) is 10.4 Å². The molecule has 1 aromatic heterocycles. The van der Waals surface area contributed by atoms with Gasteiger partial charge in [-0.05, 0) is 24.3 Å². The van der Waals surface area contributed by atoms with Crippen LogP contribution in [0, 0.1) is 0 Å². The fraction of sp³-hybridized carbons (Fsp3) is 0. The number of para-hydroxylation sites is 1. The maximum atomic E-state index is 10.8. The molecule has 0 saturated carbocycles. The van der Waals surface area contributed by atoms with Crippen molar-refractivity contribution in [3.05, 3.63) is 66.5 Å². The van der Waals surface area contributed by atoms with Gasteiger partial charge in [-0.25, -0.2) is 14.5 Å². The summed E-state index contributed by atoms with van der Waals surface area (Å²) in [5.74, 6) is -0.384. The summed E-state index contributed by atoms with van der Waals surface area (Å²) in [5, 5.41) is 13.2. The Morgan fingerprint density at radius 1 is 1.00 bits per heavy atom. The summed E-state index contributed by atoms with van der Waals surface area (Å²) in [6, 6.07) is 16.2. The highest BCUT2D eigenvalue weighted by molar-refractivity contribution is 5.88. The van der Waals surface area contributed by atoms with E-state index in [1.165, 1.54) is 0 Å². The van der Waals surface area contributed by atoms with E-state index in [1.54, 1.807) is 35.3 Å². The van der Waals surface area contributed by atoms with Crippen molar-refractivity contribution >= 4 is 5.97 Å². The topological polar surface area (TPSA) is 68.0 Å². The summed E-state index contributed by atoms with van der Waals surface area (Å²) in [5.41, 5.74) is 1.95. The Hall–Kier alpha value is -2.95. The van der Waals surface area contributed by atoms with Crippen LogP contribution in [0.3, 0.4) is 0 Å². The van der Waals surface area contributed by atoms with Crippen LogP contribution in [-0.2, 0) is 0 Å². The first-order valence-corrected chi connectivity index (χ1v) is 6.05. The summed E-state index contributed by atoms with van der Waals surface area (Å²) < 4.78 is 1.68. The van der Waals surface area contributed by atoms with Crippen LogP contribution >= 0.6 is 0 Å². The molecule has 0 spiro atoms. The average molecular weight is 265 g/mol. The standard InChI is InChI=1S/C15H11N3O2/c19-15(20)12-8-6-11(7-9-12)14-16-10-18(17-14)13-4-2-1-3-5-13/h1-10H,(H,19,20). The van der Waals surface area contributed by atoms with Crippen LogP contribution < -0.4 is 0 Å². The Labute approximate surface area is 115 Å². The molecule has 0 amide bonds. The van der Waals surface area contributed by atoms with Crippen molar-refractivity contribution in [2.75, 3.05) is 0 Å². The number of hydrogen-bond donors (Lipinski definition) is 1. The number of carboxylic acid groups (broad SMARTS) is 1. The third-order valence-corrected chi connectivity index (χ3v) is 2.90. The molecule has 0 radical (unpaired) electrons. The van der Waals surface area contributed by atoms with E-state index in [0.717, 1.165) is 11.3 Å². The second-order valence-corrected chi connectivity index (χ2v) is 4.23. The molecule has 0 fully saturated rings. The number of aromatic nitrogens is 3. The maximum Gasteiger partial charge on any atom is 0.335 e. The van der Waals surface area contributed by atoms with E-state index in [1.807, 2.05) is 30.3 Å². The highest BCUT2D eigenvalue weighted by atomic mass is 16.4. The second kappa shape index (κ2) is 4.97. The van der Waals surface area contributed by atoms with Crippen molar-refractivity contribution in [1.82, 2.24) is 14.8 Å². The van der Waals surface area contributed by atoms with Gasteiger partial charge in [0.1, 0.15) is 6.33 Å². The van der Waals surface area contributed by atoms with Gasteiger partial charge in [0.15, 0.2) is 5.82 Å². The molecule has 0 aliphatic rings. The molecular formula is C15H11N3O2. The third kappa shape index (κ3) is 2.29. The molecule has 0 bridgehead atoms. The molecule has 1 N–H and O–H groups in total. The van der Waals surface area contributed by atoms with Crippen LogP contribution in [-0.4, -0.2) is 25.8 Å². The number of carboxylic acids is 1. The quantitative estimate of drug-likeness (QED) is 0.790. The molecule has 0 unspecified atom stereocenters. The fourth-order valence-corrected chi connectivity index (χ4v) is 1.86. The maximum absolute atomic E-state index is 10.8. The molecule has 1 heterocycles. The fourth-order valence-electron chi connectivity index (χ4n) is 1.86. The summed E-state index contributed by atoms with van der Waals surface area (Å²) >= 11 is 0. The minimum Gasteiger partial charge on any atom is -0.478 e. The minimum absolute atomic E-state index is 0.247. The zero-order valence-electron chi connectivity index (χ0n) is 10.5. The van der Waals surface area contributed by atoms with Gasteiger partial charge in [-0.2, -0.15) is 0 Å². The number of hydrogen-bond acceptors (Lipinski definition) is 3. The largest absolute Gasteiger partial charge is 0.478 e. The normalized spacial score (nSPS) is 10.4. The van der Waals surface area contributed by atoms with E-state index in [9.17, 15) is 4.79 Å². The number of carbonyl (C=O) groups is 1. The van der Waals surface area contributed by atoms with Gasteiger partial charge in [0.2, 0.25) is 0 Å². The van der Waals surface area contributed by atoms with Gasteiger partial charge < -0.3 is 5.11 Å². The lowest BCUT2D eigenvalue weighted by Crippen LogP contribution is -1.96.